The smallest absolute Gasteiger partial charge is 0.252 e. The van der Waals surface area contributed by atoms with Gasteiger partial charge in [-0.3, -0.25) is 14.5 Å². The van der Waals surface area contributed by atoms with Crippen LogP contribution >= 0.6 is 0 Å². The quantitative estimate of drug-likeness (QED) is 0.404. The minimum Gasteiger partial charge on any atom is -0.495 e. The number of benzene rings is 2. The second kappa shape index (κ2) is 12.3. The molecule has 1 fully saturated rings. The van der Waals surface area contributed by atoms with Gasteiger partial charge in [0.2, 0.25) is 11.5 Å². The van der Waals surface area contributed by atoms with Gasteiger partial charge in [0.15, 0.2) is 5.70 Å². The standard InChI is InChI=1S/C24H28N4O4.C2H6/c1-32-20-10-5-4-9-19(20)28-15-13-27(14-16-28)12-6-11-25-21-22(26-31)24(30)18-8-3-2-7-17(18)23(21)29;1-2/h2-5,7-10,25-26,31H,6,11-16H2,1H3;1-2H3/p+1. The van der Waals surface area contributed by atoms with Crippen LogP contribution in [0.25, 0.3) is 0 Å². The van der Waals surface area contributed by atoms with Crippen molar-refractivity contribution in [1.29, 1.82) is 0 Å². The predicted octanol–water partition coefficient (Wildman–Crippen LogP) is 2.07. The van der Waals surface area contributed by atoms with Crippen molar-refractivity contribution in [3.05, 3.63) is 71.1 Å². The number of piperazine rings is 1. The SMILES string of the molecule is CC.COc1ccccc1N1CCN(CCCNC2=C([NH2+]O)C(=O)c3ccccc3C2=O)CC1. The molecule has 0 bridgehead atoms. The number of nitrogens with one attached hydrogen (secondary N) is 1. The maximum atomic E-state index is 12.8. The van der Waals surface area contributed by atoms with E-state index in [-0.39, 0.29) is 23.0 Å². The number of ether oxygens (including phenoxy) is 1. The zero-order valence-corrected chi connectivity index (χ0v) is 20.2. The van der Waals surface area contributed by atoms with Gasteiger partial charge in [0, 0.05) is 43.9 Å². The van der Waals surface area contributed by atoms with Crippen molar-refractivity contribution in [2.75, 3.05) is 51.3 Å². The van der Waals surface area contributed by atoms with E-state index in [1.165, 1.54) is 0 Å². The first kappa shape index (κ1) is 25.4. The highest BCUT2D eigenvalue weighted by Gasteiger charge is 2.35. The number of quaternary nitrogens is 1. The van der Waals surface area contributed by atoms with Gasteiger partial charge in [0.1, 0.15) is 5.75 Å². The van der Waals surface area contributed by atoms with Crippen molar-refractivity contribution < 1.29 is 25.0 Å². The van der Waals surface area contributed by atoms with Crippen molar-refractivity contribution in [1.82, 2.24) is 10.2 Å². The zero-order valence-electron chi connectivity index (χ0n) is 20.2. The summed E-state index contributed by atoms with van der Waals surface area (Å²) in [5, 5.41) is 12.7. The molecule has 0 atom stereocenters. The number of allylic oxidation sites excluding steroid dienone is 2. The summed E-state index contributed by atoms with van der Waals surface area (Å²) >= 11 is 0. The van der Waals surface area contributed by atoms with Crippen molar-refractivity contribution in [3.8, 4) is 5.75 Å². The van der Waals surface area contributed by atoms with E-state index in [1.54, 1.807) is 31.4 Å². The number of nitrogens with two attached hydrogens (primary N) is 1. The Kier molecular flexibility index (Phi) is 9.21. The first-order valence-electron chi connectivity index (χ1n) is 11.9. The Morgan fingerprint density at radius 2 is 1.56 bits per heavy atom. The summed E-state index contributed by atoms with van der Waals surface area (Å²) in [7, 11) is 1.70. The van der Waals surface area contributed by atoms with Crippen LogP contribution in [-0.2, 0) is 0 Å². The molecule has 2 aromatic rings. The number of carbonyl (C=O) groups is 2. The van der Waals surface area contributed by atoms with Gasteiger partial charge in [-0.2, -0.15) is 5.48 Å². The molecular weight excluding hydrogens is 432 g/mol. The summed E-state index contributed by atoms with van der Waals surface area (Å²) in [5.41, 5.74) is 2.76. The van der Waals surface area contributed by atoms with E-state index in [1.807, 2.05) is 32.0 Å². The van der Waals surface area contributed by atoms with Gasteiger partial charge in [-0.15, -0.1) is 0 Å². The minimum atomic E-state index is -0.335. The van der Waals surface area contributed by atoms with Gasteiger partial charge in [-0.1, -0.05) is 50.2 Å². The summed E-state index contributed by atoms with van der Waals surface area (Å²) < 4.78 is 5.48. The Balaban J connectivity index is 0.00000158. The molecule has 0 amide bonds. The van der Waals surface area contributed by atoms with Gasteiger partial charge in [0.25, 0.3) is 5.78 Å². The maximum absolute atomic E-state index is 12.8. The number of ketones is 2. The van der Waals surface area contributed by atoms with Crippen LogP contribution in [0, 0.1) is 0 Å². The largest absolute Gasteiger partial charge is 0.495 e. The molecule has 2 aromatic carbocycles. The van der Waals surface area contributed by atoms with E-state index in [0.29, 0.717) is 17.7 Å². The molecule has 34 heavy (non-hydrogen) atoms. The van der Waals surface area contributed by atoms with Gasteiger partial charge < -0.3 is 15.0 Å². The lowest BCUT2D eigenvalue weighted by Crippen LogP contribution is -2.81. The number of para-hydroxylation sites is 2. The average Bonchev–Trinajstić information content (AvgIpc) is 2.90. The summed E-state index contributed by atoms with van der Waals surface area (Å²) in [5.74, 6) is 0.298. The van der Waals surface area contributed by atoms with E-state index in [4.69, 9.17) is 4.74 Å². The predicted molar refractivity (Wildman–Crippen MR) is 131 cm³/mol. The fraction of sp³-hybridized carbons (Fsp3) is 0.385. The number of carbonyl (C=O) groups excluding carboxylic acids is 2. The molecule has 8 nitrogen and oxygen atoms in total. The Bertz CT molecular complexity index is 1030. The molecule has 1 aliphatic carbocycles. The summed E-state index contributed by atoms with van der Waals surface area (Å²) in [4.78, 5) is 30.2. The van der Waals surface area contributed by atoms with E-state index >= 15 is 0 Å². The third-order valence-electron chi connectivity index (χ3n) is 6.04. The van der Waals surface area contributed by atoms with Gasteiger partial charge in [-0.25, -0.2) is 5.21 Å². The summed E-state index contributed by atoms with van der Waals surface area (Å²) in [6.07, 6.45) is 0.819. The van der Waals surface area contributed by atoms with Crippen molar-refractivity contribution >= 4 is 17.3 Å². The van der Waals surface area contributed by atoms with Crippen LogP contribution in [0.1, 0.15) is 41.0 Å². The molecule has 8 heteroatoms. The molecule has 182 valence electrons. The van der Waals surface area contributed by atoms with Crippen molar-refractivity contribution in [2.45, 2.75) is 20.3 Å². The zero-order chi connectivity index (χ0) is 24.5. The number of hydrogen-bond donors (Lipinski definition) is 3. The maximum Gasteiger partial charge on any atom is 0.252 e. The molecule has 1 heterocycles. The minimum absolute atomic E-state index is 0.0270. The lowest BCUT2D eigenvalue weighted by atomic mass is 9.90. The molecule has 0 aromatic heterocycles. The Morgan fingerprint density at radius 1 is 0.941 bits per heavy atom. The second-order valence-corrected chi connectivity index (χ2v) is 7.90. The average molecular weight is 468 g/mol. The van der Waals surface area contributed by atoms with Crippen LogP contribution in [0.5, 0.6) is 5.75 Å². The van der Waals surface area contributed by atoms with Crippen molar-refractivity contribution in [3.63, 3.8) is 0 Å². The molecule has 4 N–H and O–H groups in total. The third-order valence-corrected chi connectivity index (χ3v) is 6.04. The number of hydroxylamine groups is 1. The fourth-order valence-electron chi connectivity index (χ4n) is 4.31. The second-order valence-electron chi connectivity index (χ2n) is 7.90. The highest BCUT2D eigenvalue weighted by molar-refractivity contribution is 6.25. The number of anilines is 1. The van der Waals surface area contributed by atoms with Gasteiger partial charge in [0.05, 0.1) is 12.8 Å². The van der Waals surface area contributed by atoms with Gasteiger partial charge in [-0.05, 0) is 25.1 Å². The number of rotatable bonds is 8. The van der Waals surface area contributed by atoms with Crippen LogP contribution in [0.15, 0.2) is 59.9 Å². The Morgan fingerprint density at radius 3 is 2.21 bits per heavy atom. The summed E-state index contributed by atoms with van der Waals surface area (Å²) in [6.45, 7) is 9.17. The topological polar surface area (TPSA) is 98.7 Å². The molecule has 1 saturated heterocycles. The van der Waals surface area contributed by atoms with Crippen LogP contribution in [-0.4, -0.2) is 68.1 Å². The molecule has 4 rings (SSSR count). The van der Waals surface area contributed by atoms with Crippen LogP contribution in [0.3, 0.4) is 0 Å². The Labute approximate surface area is 201 Å². The first-order valence-corrected chi connectivity index (χ1v) is 11.9. The normalized spacial score (nSPS) is 16.1. The summed E-state index contributed by atoms with van der Waals surface area (Å²) in [6, 6.07) is 14.8. The molecule has 0 saturated carbocycles. The van der Waals surface area contributed by atoms with Crippen LogP contribution in [0.2, 0.25) is 0 Å². The molecular formula is C26H35N4O4+. The molecule has 2 aliphatic rings. The molecule has 0 unspecified atom stereocenters. The Hall–Kier alpha value is -3.20. The molecule has 0 spiro atoms. The van der Waals surface area contributed by atoms with E-state index in [9.17, 15) is 14.8 Å². The number of fused-ring (bicyclic) bond motifs is 1. The third kappa shape index (κ3) is 5.47. The lowest BCUT2D eigenvalue weighted by molar-refractivity contribution is -0.846. The van der Waals surface area contributed by atoms with Crippen LogP contribution in [0.4, 0.5) is 5.69 Å². The van der Waals surface area contributed by atoms with E-state index in [2.05, 4.69) is 21.2 Å². The van der Waals surface area contributed by atoms with E-state index < -0.39 is 0 Å². The molecule has 0 radical (unpaired) electrons. The number of hydrogen-bond acceptors (Lipinski definition) is 7. The number of methoxy groups -OCH3 is 1. The highest BCUT2D eigenvalue weighted by atomic mass is 16.5. The monoisotopic (exact) mass is 467 g/mol. The van der Waals surface area contributed by atoms with Crippen LogP contribution < -0.4 is 20.4 Å². The van der Waals surface area contributed by atoms with Crippen molar-refractivity contribution in [2.24, 2.45) is 0 Å². The highest BCUT2D eigenvalue weighted by Crippen LogP contribution is 2.28. The number of nitrogens with zero attached hydrogens (tertiary/aromatic N) is 2. The first-order chi connectivity index (χ1) is 16.6. The van der Waals surface area contributed by atoms with Gasteiger partial charge >= 0.3 is 0 Å². The lowest BCUT2D eigenvalue weighted by Gasteiger charge is -2.36. The fourth-order valence-corrected chi connectivity index (χ4v) is 4.31. The molecule has 1 aliphatic heterocycles. The van der Waals surface area contributed by atoms with E-state index in [0.717, 1.165) is 56.1 Å². The number of Topliss-reactive ketones (excluding diaryl/α,β-unsaturated/α-hetero) is 2.